The van der Waals surface area contributed by atoms with E-state index >= 15 is 0 Å². The highest BCUT2D eigenvalue weighted by Gasteiger charge is 2.18. The van der Waals surface area contributed by atoms with Crippen molar-refractivity contribution in [3.05, 3.63) is 48.9 Å². The molecule has 0 aliphatic carbocycles. The van der Waals surface area contributed by atoms with E-state index in [9.17, 15) is 0 Å². The molecule has 1 aliphatic rings. The summed E-state index contributed by atoms with van der Waals surface area (Å²) >= 11 is 0. The first kappa shape index (κ1) is 22.8. The average Bonchev–Trinajstić information content (AvgIpc) is 2.83. The van der Waals surface area contributed by atoms with Gasteiger partial charge in [-0.15, -0.1) is 0 Å². The lowest BCUT2D eigenvalue weighted by atomic mass is 10.0. The van der Waals surface area contributed by atoms with Crippen molar-refractivity contribution in [1.82, 2.24) is 19.9 Å². The molecule has 4 N–H and O–H groups in total. The molecular formula is C24H31N7O2. The summed E-state index contributed by atoms with van der Waals surface area (Å²) in [4.78, 5) is 15.3. The minimum atomic E-state index is 0.378. The van der Waals surface area contributed by atoms with Gasteiger partial charge in [0.2, 0.25) is 0 Å². The van der Waals surface area contributed by atoms with Gasteiger partial charge in [-0.3, -0.25) is 0 Å². The van der Waals surface area contributed by atoms with E-state index in [4.69, 9.17) is 15.2 Å². The molecule has 2 aromatic heterocycles. The predicted molar refractivity (Wildman–Crippen MR) is 131 cm³/mol. The summed E-state index contributed by atoms with van der Waals surface area (Å²) in [6, 6.07) is 10.5. The second-order valence-corrected chi connectivity index (χ2v) is 8.15. The van der Waals surface area contributed by atoms with Gasteiger partial charge in [0.1, 0.15) is 29.8 Å². The third-order valence-corrected chi connectivity index (χ3v) is 5.63. The number of anilines is 4. The molecule has 9 nitrogen and oxygen atoms in total. The maximum absolute atomic E-state index is 5.70. The maximum Gasteiger partial charge on any atom is 0.150 e. The highest BCUT2D eigenvalue weighted by atomic mass is 16.5. The number of methoxy groups -OCH3 is 1. The Labute approximate surface area is 194 Å². The number of pyridine rings is 1. The van der Waals surface area contributed by atoms with Crippen LogP contribution in [0.1, 0.15) is 12.8 Å². The molecule has 0 spiro atoms. The van der Waals surface area contributed by atoms with Crippen LogP contribution in [-0.4, -0.2) is 66.4 Å². The summed E-state index contributed by atoms with van der Waals surface area (Å²) in [5.41, 5.74) is 8.77. The fourth-order valence-corrected chi connectivity index (χ4v) is 3.75. The van der Waals surface area contributed by atoms with Crippen molar-refractivity contribution in [3.63, 3.8) is 0 Å². The number of nitrogens with two attached hydrogens (primary N) is 1. The van der Waals surface area contributed by atoms with E-state index in [1.807, 2.05) is 24.4 Å². The molecule has 0 saturated carbocycles. The van der Waals surface area contributed by atoms with Gasteiger partial charge in [-0.1, -0.05) is 12.1 Å². The molecule has 1 saturated heterocycles. The Kier molecular flexibility index (Phi) is 7.54. The Morgan fingerprint density at radius 1 is 1.00 bits per heavy atom. The van der Waals surface area contributed by atoms with E-state index in [2.05, 4.69) is 49.7 Å². The van der Waals surface area contributed by atoms with Crippen LogP contribution < -0.4 is 21.1 Å². The Bertz CT molecular complexity index is 1020. The molecule has 0 atom stereocenters. The largest absolute Gasteiger partial charge is 0.491 e. The lowest BCUT2D eigenvalue weighted by molar-refractivity contribution is 0.146. The van der Waals surface area contributed by atoms with Crippen molar-refractivity contribution in [1.29, 1.82) is 0 Å². The minimum absolute atomic E-state index is 0.378. The number of benzene rings is 1. The summed E-state index contributed by atoms with van der Waals surface area (Å²) in [6.07, 6.45) is 7.18. The number of nitrogens with zero attached hydrogens (tertiary/aromatic N) is 4. The number of nitrogen functional groups attached to an aromatic ring is 1. The van der Waals surface area contributed by atoms with Gasteiger partial charge in [0, 0.05) is 36.7 Å². The molecule has 1 aromatic carbocycles. The highest BCUT2D eigenvalue weighted by molar-refractivity contribution is 5.80. The van der Waals surface area contributed by atoms with E-state index in [0.29, 0.717) is 36.7 Å². The van der Waals surface area contributed by atoms with Crippen LogP contribution in [0, 0.1) is 0 Å². The zero-order chi connectivity index (χ0) is 23.0. The van der Waals surface area contributed by atoms with Gasteiger partial charge in [-0.25, -0.2) is 15.0 Å². The summed E-state index contributed by atoms with van der Waals surface area (Å²) in [5, 5.41) is 6.96. The van der Waals surface area contributed by atoms with Gasteiger partial charge in [0.25, 0.3) is 0 Å². The van der Waals surface area contributed by atoms with E-state index in [-0.39, 0.29) is 0 Å². The van der Waals surface area contributed by atoms with Crippen LogP contribution in [0.2, 0.25) is 0 Å². The van der Waals surface area contributed by atoms with Gasteiger partial charge in [-0.2, -0.15) is 0 Å². The Balaban J connectivity index is 1.57. The number of hydrogen-bond acceptors (Lipinski definition) is 9. The number of ether oxygens (including phenoxy) is 2. The van der Waals surface area contributed by atoms with E-state index in [0.717, 1.165) is 48.5 Å². The summed E-state index contributed by atoms with van der Waals surface area (Å²) in [5.74, 6) is 2.47. The Morgan fingerprint density at radius 3 is 2.45 bits per heavy atom. The molecule has 0 amide bonds. The standard InChI is InChI=1S/C24H31N7O2/c1-31-9-7-18(8-10-31)29-21-13-23(30-24-16-26-22(25)15-28-24)27-14-20(21)17-3-5-19(6-4-17)33-12-11-32-2/h3-6,13-16,18H,7-12H2,1-2H3,(H2,25,26)(H2,27,28,29,30). The number of hydrogen-bond donors (Lipinski definition) is 3. The maximum atomic E-state index is 5.70. The first-order valence-corrected chi connectivity index (χ1v) is 11.1. The lowest BCUT2D eigenvalue weighted by Crippen LogP contribution is -2.36. The fraction of sp³-hybridized carbons (Fsp3) is 0.375. The van der Waals surface area contributed by atoms with Crippen LogP contribution in [0.4, 0.5) is 23.1 Å². The second-order valence-electron chi connectivity index (χ2n) is 8.15. The molecule has 0 unspecified atom stereocenters. The van der Waals surface area contributed by atoms with Gasteiger partial charge in [0.05, 0.1) is 19.0 Å². The third kappa shape index (κ3) is 6.30. The summed E-state index contributed by atoms with van der Waals surface area (Å²) in [7, 11) is 3.83. The van der Waals surface area contributed by atoms with Gasteiger partial charge >= 0.3 is 0 Å². The van der Waals surface area contributed by atoms with Crippen molar-refractivity contribution >= 4 is 23.1 Å². The SMILES string of the molecule is COCCOc1ccc(-c2cnc(Nc3cnc(N)cn3)cc2NC2CCN(C)CC2)cc1. The van der Waals surface area contributed by atoms with E-state index < -0.39 is 0 Å². The van der Waals surface area contributed by atoms with Crippen LogP contribution >= 0.6 is 0 Å². The van der Waals surface area contributed by atoms with Crippen molar-refractivity contribution in [2.75, 3.05) is 56.8 Å². The van der Waals surface area contributed by atoms with Crippen LogP contribution in [-0.2, 0) is 4.74 Å². The molecule has 4 rings (SSSR count). The smallest absolute Gasteiger partial charge is 0.150 e. The van der Waals surface area contributed by atoms with Crippen LogP contribution in [0.15, 0.2) is 48.9 Å². The molecule has 1 aliphatic heterocycles. The molecule has 0 bridgehead atoms. The number of rotatable bonds is 9. The third-order valence-electron chi connectivity index (χ3n) is 5.63. The number of likely N-dealkylation sites (tertiary alicyclic amines) is 1. The lowest BCUT2D eigenvalue weighted by Gasteiger charge is -2.30. The molecule has 0 radical (unpaired) electrons. The molecule has 174 valence electrons. The second kappa shape index (κ2) is 10.9. The molecule has 9 heteroatoms. The first-order chi connectivity index (χ1) is 16.1. The highest BCUT2D eigenvalue weighted by Crippen LogP contribution is 2.32. The van der Waals surface area contributed by atoms with Gasteiger partial charge < -0.3 is 30.7 Å². The molecule has 33 heavy (non-hydrogen) atoms. The summed E-state index contributed by atoms with van der Waals surface area (Å²) < 4.78 is 10.7. The Hall–Kier alpha value is -3.43. The van der Waals surface area contributed by atoms with Crippen LogP contribution in [0.5, 0.6) is 5.75 Å². The van der Waals surface area contributed by atoms with Gasteiger partial charge in [-0.05, 0) is 50.7 Å². The summed E-state index contributed by atoms with van der Waals surface area (Å²) in [6.45, 7) is 3.24. The zero-order valence-electron chi connectivity index (χ0n) is 19.1. The van der Waals surface area contributed by atoms with E-state index in [1.165, 1.54) is 6.20 Å². The molecular weight excluding hydrogens is 418 g/mol. The van der Waals surface area contributed by atoms with Crippen molar-refractivity contribution in [2.45, 2.75) is 18.9 Å². The zero-order valence-corrected chi connectivity index (χ0v) is 19.1. The fourth-order valence-electron chi connectivity index (χ4n) is 3.75. The quantitative estimate of drug-likeness (QED) is 0.423. The normalized spacial score (nSPS) is 14.7. The minimum Gasteiger partial charge on any atom is -0.491 e. The van der Waals surface area contributed by atoms with E-state index in [1.54, 1.807) is 13.3 Å². The van der Waals surface area contributed by atoms with Crippen LogP contribution in [0.3, 0.4) is 0 Å². The first-order valence-electron chi connectivity index (χ1n) is 11.1. The topological polar surface area (TPSA) is 110 Å². The monoisotopic (exact) mass is 449 g/mol. The number of aromatic nitrogens is 3. The van der Waals surface area contributed by atoms with Crippen LogP contribution in [0.25, 0.3) is 11.1 Å². The van der Waals surface area contributed by atoms with Crippen molar-refractivity contribution < 1.29 is 9.47 Å². The average molecular weight is 450 g/mol. The molecule has 1 fully saturated rings. The Morgan fingerprint density at radius 2 is 1.76 bits per heavy atom. The van der Waals surface area contributed by atoms with Gasteiger partial charge in [0.15, 0.2) is 0 Å². The molecule has 3 aromatic rings. The number of nitrogens with one attached hydrogen (secondary N) is 2. The predicted octanol–water partition coefficient (Wildman–Crippen LogP) is 3.40. The van der Waals surface area contributed by atoms with Crippen molar-refractivity contribution in [2.24, 2.45) is 0 Å². The number of piperidine rings is 1. The van der Waals surface area contributed by atoms with Crippen molar-refractivity contribution in [3.8, 4) is 16.9 Å². The molecule has 3 heterocycles.